The van der Waals surface area contributed by atoms with Gasteiger partial charge in [0.05, 0.1) is 19.2 Å². The van der Waals surface area contributed by atoms with Crippen molar-refractivity contribution in [3.8, 4) is 0 Å². The maximum atomic E-state index is 11.4. The van der Waals surface area contributed by atoms with Crippen LogP contribution >= 0.6 is 0 Å². The Kier molecular flexibility index (Phi) is 8.47. The van der Waals surface area contributed by atoms with E-state index in [4.69, 9.17) is 15.6 Å². The van der Waals surface area contributed by atoms with E-state index in [9.17, 15) is 14.4 Å². The van der Waals surface area contributed by atoms with E-state index in [0.717, 1.165) is 0 Å². The number of ether oxygens (including phenoxy) is 1. The van der Waals surface area contributed by atoms with Gasteiger partial charge in [-0.2, -0.15) is 0 Å². The van der Waals surface area contributed by atoms with Crippen LogP contribution in [0.5, 0.6) is 0 Å². The van der Waals surface area contributed by atoms with Gasteiger partial charge in [-0.05, 0) is 5.92 Å². The molecule has 0 aliphatic carbocycles. The molecule has 0 aliphatic rings. The third-order valence-electron chi connectivity index (χ3n) is 2.24. The van der Waals surface area contributed by atoms with Gasteiger partial charge in [0.15, 0.2) is 0 Å². The summed E-state index contributed by atoms with van der Waals surface area (Å²) in [5.41, 5.74) is 5.59. The molecule has 2 amide bonds. The molecule has 0 saturated heterocycles. The van der Waals surface area contributed by atoms with E-state index in [2.05, 4.69) is 10.6 Å². The van der Waals surface area contributed by atoms with Crippen molar-refractivity contribution in [2.24, 2.45) is 11.7 Å². The number of hydrogen-bond donors (Lipinski definition) is 4. The Balaban J connectivity index is 3.65. The second-order valence-corrected chi connectivity index (χ2v) is 4.28. The van der Waals surface area contributed by atoms with E-state index >= 15 is 0 Å². The Morgan fingerprint density at radius 2 is 1.89 bits per heavy atom. The smallest absolute Gasteiger partial charge is 0.329 e. The first-order chi connectivity index (χ1) is 8.84. The Morgan fingerprint density at radius 1 is 1.26 bits per heavy atom. The van der Waals surface area contributed by atoms with Crippen LogP contribution in [0.1, 0.15) is 13.8 Å². The standard InChI is InChI=1S/C11H21N3O5/c1-7(2)10(12)11(18)14-5-8(15)13-3-4-19-6-9(16)17/h7,10H,3-6,12H2,1-2H3,(H,13,15)(H,14,18)(H,16,17)/t10-/m0/s1. The molecular formula is C11H21N3O5. The summed E-state index contributed by atoms with van der Waals surface area (Å²) in [6.07, 6.45) is 0. The normalized spacial score (nSPS) is 12.0. The maximum Gasteiger partial charge on any atom is 0.329 e. The monoisotopic (exact) mass is 275 g/mol. The molecule has 0 fully saturated rings. The van der Waals surface area contributed by atoms with Crippen LogP contribution < -0.4 is 16.4 Å². The molecule has 8 nitrogen and oxygen atoms in total. The molecule has 0 unspecified atom stereocenters. The van der Waals surface area contributed by atoms with Gasteiger partial charge < -0.3 is 26.2 Å². The third kappa shape index (κ3) is 8.97. The lowest BCUT2D eigenvalue weighted by molar-refractivity contribution is -0.142. The molecule has 0 aromatic heterocycles. The van der Waals surface area contributed by atoms with Crippen LogP contribution in [0.4, 0.5) is 0 Å². The highest BCUT2D eigenvalue weighted by Gasteiger charge is 2.17. The predicted octanol–water partition coefficient (Wildman–Crippen LogP) is -1.70. The molecule has 0 spiro atoms. The molecule has 0 aromatic carbocycles. The van der Waals surface area contributed by atoms with Gasteiger partial charge in [0.2, 0.25) is 11.8 Å². The zero-order chi connectivity index (χ0) is 14.8. The van der Waals surface area contributed by atoms with Crippen LogP contribution in [0.3, 0.4) is 0 Å². The van der Waals surface area contributed by atoms with Crippen LogP contribution in [0.15, 0.2) is 0 Å². The first kappa shape index (κ1) is 17.3. The molecule has 19 heavy (non-hydrogen) atoms. The van der Waals surface area contributed by atoms with Gasteiger partial charge in [-0.25, -0.2) is 4.79 Å². The lowest BCUT2D eigenvalue weighted by Crippen LogP contribution is -2.47. The summed E-state index contributed by atoms with van der Waals surface area (Å²) in [4.78, 5) is 32.9. The van der Waals surface area contributed by atoms with E-state index in [1.165, 1.54) is 0 Å². The highest BCUT2D eigenvalue weighted by Crippen LogP contribution is 1.97. The van der Waals surface area contributed by atoms with Gasteiger partial charge in [0, 0.05) is 6.54 Å². The quantitative estimate of drug-likeness (QED) is 0.371. The number of carbonyl (C=O) groups excluding carboxylic acids is 2. The topological polar surface area (TPSA) is 131 Å². The molecule has 8 heteroatoms. The Hall–Kier alpha value is -1.67. The molecule has 5 N–H and O–H groups in total. The lowest BCUT2D eigenvalue weighted by atomic mass is 10.1. The number of nitrogens with two attached hydrogens (primary N) is 1. The van der Waals surface area contributed by atoms with Crippen LogP contribution in [-0.2, 0) is 19.1 Å². The second kappa shape index (κ2) is 9.29. The first-order valence-electron chi connectivity index (χ1n) is 5.94. The summed E-state index contributed by atoms with van der Waals surface area (Å²) < 4.78 is 4.72. The number of aliphatic carboxylic acids is 1. The van der Waals surface area contributed by atoms with E-state index < -0.39 is 18.6 Å². The molecule has 1 atom stereocenters. The van der Waals surface area contributed by atoms with Gasteiger partial charge in [-0.3, -0.25) is 9.59 Å². The Morgan fingerprint density at radius 3 is 2.42 bits per heavy atom. The van der Waals surface area contributed by atoms with Crippen molar-refractivity contribution in [2.75, 3.05) is 26.3 Å². The molecule has 0 aliphatic heterocycles. The molecule has 0 rings (SSSR count). The number of carboxylic acid groups (broad SMARTS) is 1. The fourth-order valence-electron chi connectivity index (χ4n) is 1.07. The molecule has 0 saturated carbocycles. The fourth-order valence-corrected chi connectivity index (χ4v) is 1.07. The van der Waals surface area contributed by atoms with E-state index in [-0.39, 0.29) is 37.4 Å². The van der Waals surface area contributed by atoms with Crippen molar-refractivity contribution in [1.82, 2.24) is 10.6 Å². The average molecular weight is 275 g/mol. The number of rotatable bonds is 9. The molecule has 0 heterocycles. The van der Waals surface area contributed by atoms with Crippen LogP contribution in [0, 0.1) is 5.92 Å². The minimum absolute atomic E-state index is 0.00696. The van der Waals surface area contributed by atoms with Crippen molar-refractivity contribution < 1.29 is 24.2 Å². The number of hydrogen-bond acceptors (Lipinski definition) is 5. The molecular weight excluding hydrogens is 254 g/mol. The third-order valence-corrected chi connectivity index (χ3v) is 2.24. The minimum Gasteiger partial charge on any atom is -0.480 e. The molecule has 0 bridgehead atoms. The van der Waals surface area contributed by atoms with E-state index in [1.54, 1.807) is 0 Å². The van der Waals surface area contributed by atoms with Gasteiger partial charge in [0.1, 0.15) is 6.61 Å². The SMILES string of the molecule is CC(C)[C@H](N)C(=O)NCC(=O)NCCOCC(=O)O. The summed E-state index contributed by atoms with van der Waals surface area (Å²) in [6, 6.07) is -0.647. The summed E-state index contributed by atoms with van der Waals surface area (Å²) >= 11 is 0. The largest absolute Gasteiger partial charge is 0.480 e. The maximum absolute atomic E-state index is 11.4. The van der Waals surface area contributed by atoms with Crippen molar-refractivity contribution in [3.05, 3.63) is 0 Å². The summed E-state index contributed by atoms with van der Waals surface area (Å²) in [5.74, 6) is -1.84. The number of carbonyl (C=O) groups is 3. The second-order valence-electron chi connectivity index (χ2n) is 4.28. The van der Waals surface area contributed by atoms with Crippen molar-refractivity contribution in [1.29, 1.82) is 0 Å². The van der Waals surface area contributed by atoms with Gasteiger partial charge in [-0.1, -0.05) is 13.8 Å². The van der Waals surface area contributed by atoms with Crippen molar-refractivity contribution >= 4 is 17.8 Å². The van der Waals surface area contributed by atoms with Crippen LogP contribution in [0.25, 0.3) is 0 Å². The number of amides is 2. The average Bonchev–Trinajstić information content (AvgIpc) is 2.33. The fraction of sp³-hybridized carbons (Fsp3) is 0.727. The molecule has 0 aromatic rings. The minimum atomic E-state index is -1.07. The molecule has 110 valence electrons. The van der Waals surface area contributed by atoms with Crippen molar-refractivity contribution in [2.45, 2.75) is 19.9 Å². The summed E-state index contributed by atoms with van der Waals surface area (Å²) in [6.45, 7) is 3.32. The zero-order valence-electron chi connectivity index (χ0n) is 11.1. The van der Waals surface area contributed by atoms with Crippen LogP contribution in [-0.4, -0.2) is 55.2 Å². The Bertz CT molecular complexity index is 319. The molecule has 0 radical (unpaired) electrons. The van der Waals surface area contributed by atoms with Gasteiger partial charge in [0.25, 0.3) is 0 Å². The van der Waals surface area contributed by atoms with Gasteiger partial charge in [-0.15, -0.1) is 0 Å². The summed E-state index contributed by atoms with van der Waals surface area (Å²) in [5, 5.41) is 13.2. The first-order valence-corrected chi connectivity index (χ1v) is 5.94. The highest BCUT2D eigenvalue weighted by molar-refractivity contribution is 5.87. The lowest BCUT2D eigenvalue weighted by Gasteiger charge is -2.15. The Labute approximate surface area is 111 Å². The number of carboxylic acids is 1. The van der Waals surface area contributed by atoms with E-state index in [1.807, 2.05) is 13.8 Å². The van der Waals surface area contributed by atoms with Crippen LogP contribution in [0.2, 0.25) is 0 Å². The van der Waals surface area contributed by atoms with Crippen molar-refractivity contribution in [3.63, 3.8) is 0 Å². The predicted molar refractivity (Wildman–Crippen MR) is 67.3 cm³/mol. The van der Waals surface area contributed by atoms with Gasteiger partial charge >= 0.3 is 5.97 Å². The number of nitrogens with one attached hydrogen (secondary N) is 2. The summed E-state index contributed by atoms with van der Waals surface area (Å²) in [7, 11) is 0. The zero-order valence-corrected chi connectivity index (χ0v) is 11.1. The van der Waals surface area contributed by atoms with E-state index in [0.29, 0.717) is 0 Å². The highest BCUT2D eigenvalue weighted by atomic mass is 16.5.